The van der Waals surface area contributed by atoms with Crippen molar-refractivity contribution in [2.75, 3.05) is 24.2 Å². The Balaban J connectivity index is 2.44. The van der Waals surface area contributed by atoms with Crippen LogP contribution in [-0.2, 0) is 0 Å². The highest BCUT2D eigenvalue weighted by atomic mass is 16.4. The third-order valence-corrected chi connectivity index (χ3v) is 2.84. The van der Waals surface area contributed by atoms with E-state index in [1.54, 1.807) is 19.2 Å². The average Bonchev–Trinajstić information content (AvgIpc) is 2.46. The number of amides is 2. The number of para-hydroxylation sites is 1. The molecule has 0 radical (unpaired) electrons. The van der Waals surface area contributed by atoms with Crippen LogP contribution in [0.15, 0.2) is 33.5 Å². The standard InChI is InChI=1S/C14H17N3O3/c1-3-8-16-14(19)17-12-11(15-2)9-6-4-5-7-10(9)20-13(12)18/h4-7,15H,3,8H2,1-2H3,(H2,16,17,19). The van der Waals surface area contributed by atoms with Crippen LogP contribution >= 0.6 is 0 Å². The molecule has 0 saturated heterocycles. The van der Waals surface area contributed by atoms with Crippen LogP contribution in [0.2, 0.25) is 0 Å². The number of hydrogen-bond donors (Lipinski definition) is 3. The predicted molar refractivity (Wildman–Crippen MR) is 79.3 cm³/mol. The number of carbonyl (C=O) groups excluding carboxylic acids is 1. The molecule has 6 heteroatoms. The molecule has 0 fully saturated rings. The number of hydrogen-bond acceptors (Lipinski definition) is 4. The fourth-order valence-electron chi connectivity index (χ4n) is 1.92. The van der Waals surface area contributed by atoms with Crippen LogP contribution in [0, 0.1) is 0 Å². The molecule has 1 aromatic carbocycles. The maximum Gasteiger partial charge on any atom is 0.362 e. The van der Waals surface area contributed by atoms with Gasteiger partial charge in [-0.3, -0.25) is 5.32 Å². The lowest BCUT2D eigenvalue weighted by Gasteiger charge is -2.12. The zero-order valence-electron chi connectivity index (χ0n) is 11.4. The largest absolute Gasteiger partial charge is 0.421 e. The molecule has 2 aromatic rings. The van der Waals surface area contributed by atoms with Crippen molar-refractivity contribution < 1.29 is 9.21 Å². The SMILES string of the molecule is CCCNC(=O)Nc1c(NC)c2ccccc2oc1=O. The summed E-state index contributed by atoms with van der Waals surface area (Å²) in [6.45, 7) is 2.49. The quantitative estimate of drug-likeness (QED) is 0.748. The van der Waals surface area contributed by atoms with Crippen molar-refractivity contribution in [2.24, 2.45) is 0 Å². The van der Waals surface area contributed by atoms with Gasteiger partial charge >= 0.3 is 11.7 Å². The van der Waals surface area contributed by atoms with Gasteiger partial charge in [0.2, 0.25) is 0 Å². The highest BCUT2D eigenvalue weighted by molar-refractivity contribution is 6.01. The Kier molecular flexibility index (Phi) is 4.24. The number of benzene rings is 1. The normalized spacial score (nSPS) is 10.3. The summed E-state index contributed by atoms with van der Waals surface area (Å²) in [4.78, 5) is 23.7. The summed E-state index contributed by atoms with van der Waals surface area (Å²) in [5.41, 5.74) is 0.546. The molecule has 106 valence electrons. The van der Waals surface area contributed by atoms with E-state index in [1.807, 2.05) is 19.1 Å². The third kappa shape index (κ3) is 2.74. The van der Waals surface area contributed by atoms with Gasteiger partial charge in [-0.25, -0.2) is 9.59 Å². The molecule has 3 N–H and O–H groups in total. The molecule has 0 saturated carbocycles. The first kappa shape index (κ1) is 13.9. The van der Waals surface area contributed by atoms with Crippen LogP contribution in [-0.4, -0.2) is 19.6 Å². The summed E-state index contributed by atoms with van der Waals surface area (Å²) in [7, 11) is 1.69. The van der Waals surface area contributed by atoms with Crippen LogP contribution in [0.3, 0.4) is 0 Å². The van der Waals surface area contributed by atoms with Gasteiger partial charge in [-0.2, -0.15) is 0 Å². The summed E-state index contributed by atoms with van der Waals surface area (Å²) in [5.74, 6) is 0. The molecule has 0 unspecified atom stereocenters. The molecule has 0 atom stereocenters. The molecule has 2 amide bonds. The Hall–Kier alpha value is -2.50. The van der Waals surface area contributed by atoms with Gasteiger partial charge in [0.15, 0.2) is 5.69 Å². The van der Waals surface area contributed by atoms with Gasteiger partial charge in [-0.1, -0.05) is 19.1 Å². The maximum atomic E-state index is 12.0. The van der Waals surface area contributed by atoms with Gasteiger partial charge in [0.05, 0.1) is 5.69 Å². The van der Waals surface area contributed by atoms with Crippen molar-refractivity contribution in [3.63, 3.8) is 0 Å². The van der Waals surface area contributed by atoms with E-state index in [4.69, 9.17) is 4.42 Å². The molecule has 0 spiro atoms. The molecular formula is C14H17N3O3. The van der Waals surface area contributed by atoms with Crippen LogP contribution in [0.4, 0.5) is 16.2 Å². The molecule has 0 bridgehead atoms. The van der Waals surface area contributed by atoms with E-state index in [0.29, 0.717) is 17.8 Å². The molecule has 1 heterocycles. The Bertz CT molecular complexity index is 679. The van der Waals surface area contributed by atoms with Gasteiger partial charge in [0.25, 0.3) is 0 Å². The second-order valence-electron chi connectivity index (χ2n) is 4.27. The summed E-state index contributed by atoms with van der Waals surface area (Å²) < 4.78 is 5.20. The van der Waals surface area contributed by atoms with E-state index in [-0.39, 0.29) is 5.69 Å². The van der Waals surface area contributed by atoms with Gasteiger partial charge < -0.3 is 15.1 Å². The minimum absolute atomic E-state index is 0.111. The molecule has 6 nitrogen and oxygen atoms in total. The van der Waals surface area contributed by atoms with Crippen LogP contribution < -0.4 is 21.6 Å². The number of carbonyl (C=O) groups is 1. The second-order valence-corrected chi connectivity index (χ2v) is 4.27. The lowest BCUT2D eigenvalue weighted by atomic mass is 10.2. The van der Waals surface area contributed by atoms with Crippen LogP contribution in [0.5, 0.6) is 0 Å². The Morgan fingerprint density at radius 2 is 2.00 bits per heavy atom. The molecular weight excluding hydrogens is 258 g/mol. The van der Waals surface area contributed by atoms with Crippen molar-refractivity contribution in [1.29, 1.82) is 0 Å². The average molecular weight is 275 g/mol. The Morgan fingerprint density at radius 1 is 1.25 bits per heavy atom. The van der Waals surface area contributed by atoms with Gasteiger partial charge in [-0.15, -0.1) is 0 Å². The van der Waals surface area contributed by atoms with Crippen LogP contribution in [0.1, 0.15) is 13.3 Å². The van der Waals surface area contributed by atoms with Crippen molar-refractivity contribution >= 4 is 28.4 Å². The monoisotopic (exact) mass is 275 g/mol. The van der Waals surface area contributed by atoms with E-state index in [1.165, 1.54) is 0 Å². The molecule has 0 aliphatic heterocycles. The third-order valence-electron chi connectivity index (χ3n) is 2.84. The topological polar surface area (TPSA) is 83.4 Å². The van der Waals surface area contributed by atoms with Gasteiger partial charge in [0.1, 0.15) is 5.58 Å². The minimum Gasteiger partial charge on any atom is -0.421 e. The van der Waals surface area contributed by atoms with Crippen molar-refractivity contribution in [3.8, 4) is 0 Å². The summed E-state index contributed by atoms with van der Waals surface area (Å²) in [5, 5.41) is 8.86. The van der Waals surface area contributed by atoms with E-state index >= 15 is 0 Å². The predicted octanol–water partition coefficient (Wildman–Crippen LogP) is 2.37. The van der Waals surface area contributed by atoms with Gasteiger partial charge in [0, 0.05) is 19.0 Å². The van der Waals surface area contributed by atoms with Crippen molar-refractivity contribution in [1.82, 2.24) is 5.32 Å². The second kappa shape index (κ2) is 6.10. The first-order chi connectivity index (χ1) is 9.67. The lowest BCUT2D eigenvalue weighted by Crippen LogP contribution is -2.31. The number of urea groups is 1. The zero-order valence-corrected chi connectivity index (χ0v) is 11.4. The fraction of sp³-hybridized carbons (Fsp3) is 0.286. The van der Waals surface area contributed by atoms with Crippen molar-refractivity contribution in [2.45, 2.75) is 13.3 Å². The lowest BCUT2D eigenvalue weighted by molar-refractivity contribution is 0.252. The summed E-state index contributed by atoms with van der Waals surface area (Å²) >= 11 is 0. The van der Waals surface area contributed by atoms with Crippen molar-refractivity contribution in [3.05, 3.63) is 34.7 Å². The Labute approximate surface area is 116 Å². The molecule has 2 rings (SSSR count). The smallest absolute Gasteiger partial charge is 0.362 e. The maximum absolute atomic E-state index is 12.0. The highest BCUT2D eigenvalue weighted by Gasteiger charge is 2.15. The van der Waals surface area contributed by atoms with E-state index in [9.17, 15) is 9.59 Å². The minimum atomic E-state index is -0.584. The first-order valence-corrected chi connectivity index (χ1v) is 6.45. The molecule has 20 heavy (non-hydrogen) atoms. The highest BCUT2D eigenvalue weighted by Crippen LogP contribution is 2.27. The zero-order chi connectivity index (χ0) is 14.5. The molecule has 1 aromatic heterocycles. The molecule has 0 aliphatic rings. The number of fused-ring (bicyclic) bond motifs is 1. The van der Waals surface area contributed by atoms with Crippen LogP contribution in [0.25, 0.3) is 11.0 Å². The number of nitrogens with one attached hydrogen (secondary N) is 3. The summed E-state index contributed by atoms with van der Waals surface area (Å²) in [6, 6.07) is 6.72. The number of rotatable bonds is 4. The van der Waals surface area contributed by atoms with E-state index in [0.717, 1.165) is 11.8 Å². The van der Waals surface area contributed by atoms with E-state index < -0.39 is 11.7 Å². The molecule has 0 aliphatic carbocycles. The fourth-order valence-corrected chi connectivity index (χ4v) is 1.92. The first-order valence-electron chi connectivity index (χ1n) is 6.45. The Morgan fingerprint density at radius 3 is 2.70 bits per heavy atom. The summed E-state index contributed by atoms with van der Waals surface area (Å²) in [6.07, 6.45) is 0.818. The number of anilines is 2. The van der Waals surface area contributed by atoms with E-state index in [2.05, 4.69) is 16.0 Å². The van der Waals surface area contributed by atoms with Gasteiger partial charge in [-0.05, 0) is 18.6 Å².